The second-order valence-electron chi connectivity index (χ2n) is 3.02. The molecule has 1 aliphatic heterocycles. The molecule has 2 rings (SSSR count). The number of fused-ring (bicyclic) bond motifs is 1. The Morgan fingerprint density at radius 3 is 3.10 bits per heavy atom. The Hall–Kier alpha value is -0.630. The van der Waals surface area contributed by atoms with E-state index in [0.29, 0.717) is 6.42 Å². The molecule has 1 aliphatic carbocycles. The van der Waals surface area contributed by atoms with Gasteiger partial charge in [0.05, 0.1) is 0 Å². The second kappa shape index (κ2) is 1.70. The first-order valence-corrected chi connectivity index (χ1v) is 3.60. The van der Waals surface area contributed by atoms with Crippen molar-refractivity contribution in [2.75, 3.05) is 0 Å². The maximum Gasteiger partial charge on any atom is 0.164 e. The van der Waals surface area contributed by atoms with Gasteiger partial charge in [-0.2, -0.15) is 0 Å². The third-order valence-corrected chi connectivity index (χ3v) is 2.35. The van der Waals surface area contributed by atoms with Gasteiger partial charge in [0.1, 0.15) is 11.7 Å². The minimum Gasteiger partial charge on any atom is -0.357 e. The van der Waals surface area contributed by atoms with Crippen LogP contribution in [0.25, 0.3) is 0 Å². The Morgan fingerprint density at radius 2 is 2.70 bits per heavy atom. The molecule has 2 aliphatic rings. The fraction of sp³-hybridized carbons (Fsp3) is 0.625. The quantitative estimate of drug-likeness (QED) is 0.422. The van der Waals surface area contributed by atoms with Crippen molar-refractivity contribution in [3.05, 3.63) is 12.7 Å². The van der Waals surface area contributed by atoms with Gasteiger partial charge in [0.2, 0.25) is 0 Å². The van der Waals surface area contributed by atoms with Crippen molar-refractivity contribution in [2.45, 2.75) is 31.0 Å². The lowest BCUT2D eigenvalue weighted by atomic mass is 10.0. The third-order valence-electron chi connectivity index (χ3n) is 2.35. The molecule has 1 heterocycles. The van der Waals surface area contributed by atoms with Gasteiger partial charge in [0.15, 0.2) is 5.78 Å². The van der Waals surface area contributed by atoms with E-state index in [1.165, 1.54) is 0 Å². The lowest BCUT2D eigenvalue weighted by Gasteiger charge is -2.00. The van der Waals surface area contributed by atoms with E-state index < -0.39 is 0 Å². The number of carbonyl (C=O) groups is 1. The van der Waals surface area contributed by atoms with Crippen molar-refractivity contribution in [3.63, 3.8) is 0 Å². The number of hydrogen-bond donors (Lipinski definition) is 0. The summed E-state index contributed by atoms with van der Waals surface area (Å²) >= 11 is 0. The fourth-order valence-corrected chi connectivity index (χ4v) is 1.72. The molecule has 0 amide bonds. The molecule has 10 heavy (non-hydrogen) atoms. The molecule has 0 bridgehead atoms. The molecule has 2 heteroatoms. The number of hydrogen-bond acceptors (Lipinski definition) is 2. The van der Waals surface area contributed by atoms with E-state index in [4.69, 9.17) is 4.74 Å². The largest absolute Gasteiger partial charge is 0.357 e. The van der Waals surface area contributed by atoms with Crippen LogP contribution in [-0.2, 0) is 9.53 Å². The molecule has 0 radical (unpaired) electrons. The van der Waals surface area contributed by atoms with E-state index in [1.807, 2.05) is 6.08 Å². The average Bonchev–Trinajstić information content (AvgIpc) is 2.54. The molecule has 0 N–H and O–H groups in total. The topological polar surface area (TPSA) is 29.6 Å². The Morgan fingerprint density at radius 1 is 1.90 bits per heavy atom. The number of ether oxygens (including phenoxy) is 1. The Bertz CT molecular complexity index is 197. The molecule has 2 nitrogen and oxygen atoms in total. The predicted molar refractivity (Wildman–Crippen MR) is 36.7 cm³/mol. The highest BCUT2D eigenvalue weighted by molar-refractivity contribution is 5.90. The predicted octanol–water partition coefficient (Wildman–Crippen LogP) is 1.06. The van der Waals surface area contributed by atoms with E-state index >= 15 is 0 Å². The van der Waals surface area contributed by atoms with Gasteiger partial charge < -0.3 is 4.74 Å². The maximum atomic E-state index is 10.9. The molecule has 2 unspecified atom stereocenters. The van der Waals surface area contributed by atoms with E-state index in [9.17, 15) is 4.79 Å². The van der Waals surface area contributed by atoms with Crippen LogP contribution in [-0.4, -0.2) is 17.5 Å². The number of epoxide rings is 1. The summed E-state index contributed by atoms with van der Waals surface area (Å²) in [6.07, 6.45) is 4.22. The minimum absolute atomic E-state index is 0.0644. The number of carbonyl (C=O) groups excluding carboxylic acids is 1. The monoisotopic (exact) mass is 138 g/mol. The smallest absolute Gasteiger partial charge is 0.164 e. The fourth-order valence-electron chi connectivity index (χ4n) is 1.72. The van der Waals surface area contributed by atoms with Crippen molar-refractivity contribution in [3.8, 4) is 0 Å². The molecular weight excluding hydrogens is 128 g/mol. The summed E-state index contributed by atoms with van der Waals surface area (Å²) in [4.78, 5) is 10.9. The Labute approximate surface area is 59.9 Å². The Balaban J connectivity index is 2.10. The van der Waals surface area contributed by atoms with Crippen LogP contribution in [0.5, 0.6) is 0 Å². The average molecular weight is 138 g/mol. The van der Waals surface area contributed by atoms with Crippen molar-refractivity contribution >= 4 is 5.78 Å². The zero-order valence-corrected chi connectivity index (χ0v) is 5.80. The van der Waals surface area contributed by atoms with Gasteiger partial charge in [-0.1, -0.05) is 6.08 Å². The van der Waals surface area contributed by atoms with Gasteiger partial charge in [0.25, 0.3) is 0 Å². The summed E-state index contributed by atoms with van der Waals surface area (Å²) in [6, 6.07) is 0. The van der Waals surface area contributed by atoms with Crippen LogP contribution in [0.3, 0.4) is 0 Å². The van der Waals surface area contributed by atoms with Crippen LogP contribution in [0.2, 0.25) is 0 Å². The van der Waals surface area contributed by atoms with Gasteiger partial charge in [-0.25, -0.2) is 0 Å². The zero-order chi connectivity index (χ0) is 7.19. The van der Waals surface area contributed by atoms with Crippen molar-refractivity contribution in [1.82, 2.24) is 0 Å². The molecule has 0 aromatic heterocycles. The summed E-state index contributed by atoms with van der Waals surface area (Å²) in [5, 5.41) is 0. The van der Waals surface area contributed by atoms with Gasteiger partial charge in [-0.05, 0) is 12.8 Å². The van der Waals surface area contributed by atoms with Crippen LogP contribution in [0.1, 0.15) is 19.3 Å². The molecule has 1 saturated heterocycles. The van der Waals surface area contributed by atoms with Crippen LogP contribution >= 0.6 is 0 Å². The van der Waals surface area contributed by atoms with E-state index in [0.717, 1.165) is 12.8 Å². The first kappa shape index (κ1) is 6.10. The van der Waals surface area contributed by atoms with Crippen LogP contribution in [0.4, 0.5) is 0 Å². The summed E-state index contributed by atoms with van der Waals surface area (Å²) in [6.45, 7) is 3.63. The van der Waals surface area contributed by atoms with Crippen LogP contribution in [0.15, 0.2) is 12.7 Å². The summed E-state index contributed by atoms with van der Waals surface area (Å²) in [5.41, 5.74) is -0.0845. The number of rotatable bonds is 2. The van der Waals surface area contributed by atoms with Crippen LogP contribution < -0.4 is 0 Å². The highest BCUT2D eigenvalue weighted by Crippen LogP contribution is 2.50. The van der Waals surface area contributed by atoms with Crippen LogP contribution in [0, 0.1) is 0 Å². The standard InChI is InChI=1S/C8H10O2/c1-2-4-8-5-3-6(9)7(8)10-8/h2,7H,1,3-5H2. The van der Waals surface area contributed by atoms with Crippen molar-refractivity contribution < 1.29 is 9.53 Å². The van der Waals surface area contributed by atoms with Gasteiger partial charge in [0, 0.05) is 6.42 Å². The Kier molecular flexibility index (Phi) is 1.04. The van der Waals surface area contributed by atoms with Gasteiger partial charge in [-0.15, -0.1) is 6.58 Å². The molecule has 54 valence electrons. The molecule has 2 fully saturated rings. The molecule has 0 aromatic carbocycles. The van der Waals surface area contributed by atoms with Crippen molar-refractivity contribution in [1.29, 1.82) is 0 Å². The summed E-state index contributed by atoms with van der Waals surface area (Å²) < 4.78 is 5.27. The first-order valence-electron chi connectivity index (χ1n) is 3.60. The van der Waals surface area contributed by atoms with Crippen molar-refractivity contribution in [2.24, 2.45) is 0 Å². The van der Waals surface area contributed by atoms with Gasteiger partial charge in [-0.3, -0.25) is 4.79 Å². The summed E-state index contributed by atoms with van der Waals surface area (Å²) in [7, 11) is 0. The maximum absolute atomic E-state index is 10.9. The lowest BCUT2D eigenvalue weighted by molar-refractivity contribution is -0.120. The molecule has 1 saturated carbocycles. The van der Waals surface area contributed by atoms with Gasteiger partial charge >= 0.3 is 0 Å². The summed E-state index contributed by atoms with van der Waals surface area (Å²) in [5.74, 6) is 0.279. The SMILES string of the molecule is C=CCC12CCC(=O)C1O2. The third kappa shape index (κ3) is 0.598. The molecule has 0 aromatic rings. The normalized spacial score (nSPS) is 43.2. The van der Waals surface area contributed by atoms with E-state index in [-0.39, 0.29) is 17.5 Å². The van der Waals surface area contributed by atoms with E-state index in [2.05, 4.69) is 6.58 Å². The first-order chi connectivity index (χ1) is 4.78. The number of ketones is 1. The highest BCUT2D eigenvalue weighted by atomic mass is 16.6. The highest BCUT2D eigenvalue weighted by Gasteiger charge is 2.63. The second-order valence-corrected chi connectivity index (χ2v) is 3.02. The molecule has 2 atom stereocenters. The van der Waals surface area contributed by atoms with E-state index in [1.54, 1.807) is 0 Å². The molecule has 0 spiro atoms. The molecular formula is C8H10O2. The number of Topliss-reactive ketones (excluding diaryl/α,β-unsaturated/α-hetero) is 1. The lowest BCUT2D eigenvalue weighted by Crippen LogP contribution is -2.08. The zero-order valence-electron chi connectivity index (χ0n) is 5.80. The minimum atomic E-state index is -0.0845.